The summed E-state index contributed by atoms with van der Waals surface area (Å²) in [5, 5.41) is 0.869. The number of thiazole rings is 1. The Hall–Kier alpha value is -2.08. The zero-order valence-electron chi connectivity index (χ0n) is 9.51. The third-order valence-corrected chi connectivity index (χ3v) is 3.47. The minimum Gasteiger partial charge on any atom is -0.397 e. The third-order valence-electron chi connectivity index (χ3n) is 2.59. The number of aromatic nitrogens is 3. The van der Waals surface area contributed by atoms with E-state index in [1.54, 1.807) is 12.1 Å². The van der Waals surface area contributed by atoms with Gasteiger partial charge in [-0.3, -0.25) is 0 Å². The SMILES string of the molecule is Cc1nc2c(-c3cccnc3F)c(N)cnc2s1. The Labute approximate surface area is 106 Å². The van der Waals surface area contributed by atoms with Crippen LogP contribution >= 0.6 is 11.3 Å². The lowest BCUT2D eigenvalue weighted by atomic mass is 10.1. The number of pyridine rings is 2. The number of rotatable bonds is 1. The quantitative estimate of drug-likeness (QED) is 0.683. The first kappa shape index (κ1) is 11.0. The molecule has 90 valence electrons. The number of nitrogens with two attached hydrogens (primary N) is 1. The number of nitrogen functional groups attached to an aromatic ring is 1. The van der Waals surface area contributed by atoms with E-state index >= 15 is 0 Å². The van der Waals surface area contributed by atoms with Gasteiger partial charge in [0.2, 0.25) is 5.95 Å². The van der Waals surface area contributed by atoms with Gasteiger partial charge < -0.3 is 5.73 Å². The molecule has 3 aromatic heterocycles. The van der Waals surface area contributed by atoms with E-state index in [9.17, 15) is 4.39 Å². The lowest BCUT2D eigenvalue weighted by molar-refractivity contribution is 0.588. The Morgan fingerprint density at radius 3 is 2.94 bits per heavy atom. The fourth-order valence-corrected chi connectivity index (χ4v) is 2.62. The normalized spacial score (nSPS) is 11.0. The second kappa shape index (κ2) is 3.99. The molecule has 6 heteroatoms. The molecule has 18 heavy (non-hydrogen) atoms. The Bertz CT molecular complexity index is 738. The smallest absolute Gasteiger partial charge is 0.220 e. The van der Waals surface area contributed by atoms with Crippen molar-refractivity contribution in [2.24, 2.45) is 0 Å². The highest BCUT2D eigenvalue weighted by Crippen LogP contribution is 2.35. The molecule has 0 fully saturated rings. The Balaban J connectivity index is 2.41. The molecule has 3 aromatic rings. The Kier molecular flexibility index (Phi) is 2.45. The zero-order valence-corrected chi connectivity index (χ0v) is 10.3. The first-order valence-electron chi connectivity index (χ1n) is 5.29. The standard InChI is InChI=1S/C12H9FN4S/c1-6-17-10-9(7-3-2-4-15-11(7)13)8(14)5-16-12(10)18-6/h2-5H,14H2,1H3. The molecular formula is C12H9FN4S. The predicted octanol–water partition coefficient (Wildman–Crippen LogP) is 2.78. The third kappa shape index (κ3) is 1.62. The average molecular weight is 260 g/mol. The van der Waals surface area contributed by atoms with Crippen LogP contribution in [0.5, 0.6) is 0 Å². The van der Waals surface area contributed by atoms with Crippen molar-refractivity contribution < 1.29 is 4.39 Å². The first-order valence-corrected chi connectivity index (χ1v) is 6.11. The van der Waals surface area contributed by atoms with Crippen molar-refractivity contribution in [3.05, 3.63) is 35.5 Å². The second-order valence-electron chi connectivity index (χ2n) is 3.82. The van der Waals surface area contributed by atoms with E-state index in [1.165, 1.54) is 23.7 Å². The maximum Gasteiger partial charge on any atom is 0.220 e. The summed E-state index contributed by atoms with van der Waals surface area (Å²) in [6, 6.07) is 3.31. The van der Waals surface area contributed by atoms with Crippen LogP contribution in [0.1, 0.15) is 5.01 Å². The molecule has 0 unspecified atom stereocenters. The molecule has 0 aliphatic rings. The molecule has 0 aromatic carbocycles. The molecule has 3 rings (SSSR count). The second-order valence-corrected chi connectivity index (χ2v) is 5.00. The molecule has 0 amide bonds. The molecule has 0 atom stereocenters. The molecule has 0 radical (unpaired) electrons. The molecule has 4 nitrogen and oxygen atoms in total. The van der Waals surface area contributed by atoms with Crippen LogP contribution in [-0.2, 0) is 0 Å². The number of anilines is 1. The van der Waals surface area contributed by atoms with Gasteiger partial charge in [0.1, 0.15) is 10.3 Å². The van der Waals surface area contributed by atoms with Crippen LogP contribution in [0, 0.1) is 12.9 Å². The summed E-state index contributed by atoms with van der Waals surface area (Å²) in [6.07, 6.45) is 2.93. The highest BCUT2D eigenvalue weighted by atomic mass is 32.1. The van der Waals surface area contributed by atoms with E-state index in [0.29, 0.717) is 22.3 Å². The van der Waals surface area contributed by atoms with Crippen molar-refractivity contribution in [3.63, 3.8) is 0 Å². The fourth-order valence-electron chi connectivity index (χ4n) is 1.85. The monoisotopic (exact) mass is 260 g/mol. The van der Waals surface area contributed by atoms with Gasteiger partial charge in [-0.1, -0.05) is 11.3 Å². The molecule has 0 saturated carbocycles. The first-order chi connectivity index (χ1) is 8.66. The summed E-state index contributed by atoms with van der Waals surface area (Å²) >= 11 is 1.45. The van der Waals surface area contributed by atoms with Gasteiger partial charge in [-0.2, -0.15) is 4.39 Å². The topological polar surface area (TPSA) is 64.7 Å². The largest absolute Gasteiger partial charge is 0.397 e. The molecule has 0 spiro atoms. The number of fused-ring (bicyclic) bond motifs is 1. The van der Waals surface area contributed by atoms with Crippen LogP contribution in [0.15, 0.2) is 24.5 Å². The molecule has 0 aliphatic heterocycles. The number of hydrogen-bond acceptors (Lipinski definition) is 5. The molecule has 0 bridgehead atoms. The van der Waals surface area contributed by atoms with Crippen LogP contribution in [-0.4, -0.2) is 15.0 Å². The lowest BCUT2D eigenvalue weighted by Gasteiger charge is -2.06. The molecule has 3 heterocycles. The van der Waals surface area contributed by atoms with Gasteiger partial charge >= 0.3 is 0 Å². The van der Waals surface area contributed by atoms with Gasteiger partial charge in [0.25, 0.3) is 0 Å². The van der Waals surface area contributed by atoms with E-state index < -0.39 is 5.95 Å². The average Bonchev–Trinajstić information content (AvgIpc) is 2.71. The van der Waals surface area contributed by atoms with Gasteiger partial charge in [-0.05, 0) is 19.1 Å². The van der Waals surface area contributed by atoms with Gasteiger partial charge in [-0.25, -0.2) is 15.0 Å². The fraction of sp³-hybridized carbons (Fsp3) is 0.0833. The zero-order chi connectivity index (χ0) is 12.7. The Morgan fingerprint density at radius 2 is 2.17 bits per heavy atom. The van der Waals surface area contributed by atoms with Crippen LogP contribution < -0.4 is 5.73 Å². The van der Waals surface area contributed by atoms with E-state index in [0.717, 1.165) is 9.84 Å². The highest BCUT2D eigenvalue weighted by Gasteiger charge is 2.16. The van der Waals surface area contributed by atoms with Gasteiger partial charge in [-0.15, -0.1) is 0 Å². The number of aryl methyl sites for hydroxylation is 1. The van der Waals surface area contributed by atoms with Crippen molar-refractivity contribution in [2.45, 2.75) is 6.92 Å². The van der Waals surface area contributed by atoms with Crippen LogP contribution in [0.25, 0.3) is 21.5 Å². The summed E-state index contributed by atoms with van der Waals surface area (Å²) in [4.78, 5) is 13.0. The summed E-state index contributed by atoms with van der Waals surface area (Å²) in [6.45, 7) is 1.88. The molecule has 0 saturated heterocycles. The summed E-state index contributed by atoms with van der Waals surface area (Å²) in [5.74, 6) is -0.553. The molecule has 2 N–H and O–H groups in total. The van der Waals surface area contributed by atoms with Crippen molar-refractivity contribution in [1.29, 1.82) is 0 Å². The van der Waals surface area contributed by atoms with Crippen LogP contribution in [0.2, 0.25) is 0 Å². The van der Waals surface area contributed by atoms with Crippen molar-refractivity contribution in [3.8, 4) is 11.1 Å². The van der Waals surface area contributed by atoms with Crippen LogP contribution in [0.3, 0.4) is 0 Å². The Morgan fingerprint density at radius 1 is 1.33 bits per heavy atom. The number of halogens is 1. The van der Waals surface area contributed by atoms with Crippen molar-refractivity contribution >= 4 is 27.4 Å². The minimum absolute atomic E-state index is 0.354. The predicted molar refractivity (Wildman–Crippen MR) is 69.8 cm³/mol. The van der Waals surface area contributed by atoms with Crippen LogP contribution in [0.4, 0.5) is 10.1 Å². The van der Waals surface area contributed by atoms with E-state index in [4.69, 9.17) is 5.73 Å². The summed E-state index contributed by atoms with van der Waals surface area (Å²) in [5.41, 5.74) is 7.86. The molecule has 0 aliphatic carbocycles. The van der Waals surface area contributed by atoms with Gasteiger partial charge in [0, 0.05) is 17.3 Å². The lowest BCUT2D eigenvalue weighted by Crippen LogP contribution is -1.96. The van der Waals surface area contributed by atoms with Crippen molar-refractivity contribution in [2.75, 3.05) is 5.73 Å². The summed E-state index contributed by atoms with van der Waals surface area (Å²) < 4.78 is 13.8. The maximum absolute atomic E-state index is 13.8. The van der Waals surface area contributed by atoms with E-state index in [2.05, 4.69) is 15.0 Å². The molecular weight excluding hydrogens is 251 g/mol. The van der Waals surface area contributed by atoms with E-state index in [-0.39, 0.29) is 0 Å². The van der Waals surface area contributed by atoms with Gasteiger partial charge in [0.15, 0.2) is 0 Å². The van der Waals surface area contributed by atoms with Crippen molar-refractivity contribution in [1.82, 2.24) is 15.0 Å². The summed E-state index contributed by atoms with van der Waals surface area (Å²) in [7, 11) is 0. The van der Waals surface area contributed by atoms with E-state index in [1.807, 2.05) is 6.92 Å². The minimum atomic E-state index is -0.553. The number of hydrogen-bond donors (Lipinski definition) is 1. The highest BCUT2D eigenvalue weighted by molar-refractivity contribution is 7.18. The number of nitrogens with zero attached hydrogens (tertiary/aromatic N) is 3. The maximum atomic E-state index is 13.8. The van der Waals surface area contributed by atoms with Gasteiger partial charge in [0.05, 0.1) is 16.9 Å².